The first-order chi connectivity index (χ1) is 16.9. The van der Waals surface area contributed by atoms with Crippen LogP contribution in [0.15, 0.2) is 72.4 Å². The Hall–Kier alpha value is -4.03. The third kappa shape index (κ3) is 3.33. The fourth-order valence-corrected chi connectivity index (χ4v) is 5.11. The number of halogens is 1. The molecule has 1 aromatic heterocycles. The number of aromatic amines is 1. The molecule has 3 heterocycles. The van der Waals surface area contributed by atoms with Crippen molar-refractivity contribution in [3.8, 4) is 5.75 Å². The van der Waals surface area contributed by atoms with E-state index in [0.717, 1.165) is 34.2 Å². The second-order valence-electron chi connectivity index (χ2n) is 8.81. The van der Waals surface area contributed by atoms with Crippen LogP contribution in [0.25, 0.3) is 16.7 Å². The van der Waals surface area contributed by atoms with E-state index in [1.807, 2.05) is 43.3 Å². The van der Waals surface area contributed by atoms with E-state index in [1.54, 1.807) is 30.5 Å². The summed E-state index contributed by atoms with van der Waals surface area (Å²) in [5, 5.41) is 12.8. The van der Waals surface area contributed by atoms with Crippen LogP contribution >= 0.6 is 11.6 Å². The molecule has 2 aliphatic heterocycles. The lowest BCUT2D eigenvalue weighted by atomic mass is 9.94. The van der Waals surface area contributed by atoms with Crippen LogP contribution in [0.1, 0.15) is 28.3 Å². The van der Waals surface area contributed by atoms with Gasteiger partial charge in [0, 0.05) is 45.4 Å². The molecule has 3 aromatic carbocycles. The zero-order valence-electron chi connectivity index (χ0n) is 18.8. The molecule has 0 spiro atoms. The van der Waals surface area contributed by atoms with Gasteiger partial charge in [0.2, 0.25) is 0 Å². The quantitative estimate of drug-likeness (QED) is 0.222. The highest BCUT2D eigenvalue weighted by atomic mass is 35.5. The van der Waals surface area contributed by atoms with Gasteiger partial charge in [0.1, 0.15) is 11.5 Å². The predicted molar refractivity (Wildman–Crippen MR) is 135 cm³/mol. The Morgan fingerprint density at radius 2 is 1.94 bits per heavy atom. The zero-order chi connectivity index (χ0) is 24.3. The fraction of sp³-hybridized carbons (Fsp3) is 0.143. The number of carbonyl (C=O) groups is 2. The maximum absolute atomic E-state index is 13.5. The standard InChI is InChI=1S/C28H21ClN2O4/c1-15-6-8-18(13-21(15)29)31-25(20-14-30-22-5-3-2-4-19(20)22)24(27(33)28(31)34)26(32)17-7-9-23-16(12-17)10-11-35-23/h2-9,12-14,25,30,32H,10-11H2,1H3/b26-24+. The van der Waals surface area contributed by atoms with E-state index in [1.165, 1.54) is 4.90 Å². The van der Waals surface area contributed by atoms with Crippen molar-refractivity contribution in [1.82, 2.24) is 4.98 Å². The van der Waals surface area contributed by atoms with Crippen molar-refractivity contribution in [3.05, 3.63) is 99.7 Å². The molecular formula is C28H21ClN2O4. The minimum Gasteiger partial charge on any atom is -0.507 e. The van der Waals surface area contributed by atoms with E-state index in [2.05, 4.69) is 4.98 Å². The number of aryl methyl sites for hydroxylation is 1. The number of benzene rings is 3. The van der Waals surface area contributed by atoms with Gasteiger partial charge in [-0.15, -0.1) is 0 Å². The summed E-state index contributed by atoms with van der Waals surface area (Å²) in [7, 11) is 0. The topological polar surface area (TPSA) is 82.6 Å². The van der Waals surface area contributed by atoms with Crippen molar-refractivity contribution >= 4 is 45.6 Å². The van der Waals surface area contributed by atoms with Crippen LogP contribution in [-0.2, 0) is 16.0 Å². The van der Waals surface area contributed by atoms with E-state index in [-0.39, 0.29) is 11.3 Å². The predicted octanol–water partition coefficient (Wildman–Crippen LogP) is 5.69. The van der Waals surface area contributed by atoms with Crippen LogP contribution in [0, 0.1) is 6.92 Å². The first-order valence-electron chi connectivity index (χ1n) is 11.3. The smallest absolute Gasteiger partial charge is 0.300 e. The number of nitrogens with zero attached hydrogens (tertiary/aromatic N) is 1. The molecule has 35 heavy (non-hydrogen) atoms. The Kier molecular flexibility index (Phi) is 4.93. The van der Waals surface area contributed by atoms with Gasteiger partial charge in [-0.25, -0.2) is 0 Å². The van der Waals surface area contributed by atoms with Gasteiger partial charge >= 0.3 is 0 Å². The number of anilines is 1. The van der Waals surface area contributed by atoms with Crippen molar-refractivity contribution in [3.63, 3.8) is 0 Å². The third-order valence-electron chi connectivity index (χ3n) is 6.76. The normalized spacial score (nSPS) is 18.8. The number of fused-ring (bicyclic) bond motifs is 2. The molecule has 2 N–H and O–H groups in total. The van der Waals surface area contributed by atoms with Crippen molar-refractivity contribution < 1.29 is 19.4 Å². The molecule has 0 aliphatic carbocycles. The minimum absolute atomic E-state index is 0.0373. The Morgan fingerprint density at radius 3 is 2.77 bits per heavy atom. The number of Topliss-reactive ketones (excluding diaryl/α,β-unsaturated/α-hetero) is 1. The second kappa shape index (κ2) is 8.03. The van der Waals surface area contributed by atoms with Crippen LogP contribution < -0.4 is 9.64 Å². The molecule has 1 saturated heterocycles. The maximum Gasteiger partial charge on any atom is 0.300 e. The van der Waals surface area contributed by atoms with Crippen LogP contribution in [0.3, 0.4) is 0 Å². The molecule has 6 nitrogen and oxygen atoms in total. The number of H-pyrrole nitrogens is 1. The van der Waals surface area contributed by atoms with Crippen LogP contribution in [0.5, 0.6) is 5.75 Å². The van der Waals surface area contributed by atoms with E-state index in [9.17, 15) is 14.7 Å². The van der Waals surface area contributed by atoms with Gasteiger partial charge in [-0.05, 0) is 54.4 Å². The number of nitrogens with one attached hydrogen (secondary N) is 1. The Bertz CT molecular complexity index is 1570. The number of aliphatic hydroxyl groups is 1. The second-order valence-corrected chi connectivity index (χ2v) is 9.22. The van der Waals surface area contributed by atoms with Gasteiger partial charge < -0.3 is 14.8 Å². The first-order valence-corrected chi connectivity index (χ1v) is 11.7. The third-order valence-corrected chi connectivity index (χ3v) is 7.16. The maximum atomic E-state index is 13.5. The van der Waals surface area contributed by atoms with Gasteiger partial charge in [-0.1, -0.05) is 35.9 Å². The van der Waals surface area contributed by atoms with Crippen LogP contribution in [-0.4, -0.2) is 28.4 Å². The van der Waals surface area contributed by atoms with Gasteiger partial charge in [-0.3, -0.25) is 14.5 Å². The van der Waals surface area contributed by atoms with Gasteiger partial charge in [0.25, 0.3) is 11.7 Å². The summed E-state index contributed by atoms with van der Waals surface area (Å²) >= 11 is 6.39. The lowest BCUT2D eigenvalue weighted by Crippen LogP contribution is -2.29. The average Bonchev–Trinajstić information content (AvgIpc) is 3.57. The highest BCUT2D eigenvalue weighted by molar-refractivity contribution is 6.52. The Morgan fingerprint density at radius 1 is 1.11 bits per heavy atom. The molecule has 0 saturated carbocycles. The fourth-order valence-electron chi connectivity index (χ4n) is 4.93. The van der Waals surface area contributed by atoms with E-state index < -0.39 is 17.7 Å². The Labute approximate surface area is 206 Å². The number of amides is 1. The van der Waals surface area contributed by atoms with Gasteiger partial charge in [-0.2, -0.15) is 0 Å². The van der Waals surface area contributed by atoms with E-state index >= 15 is 0 Å². The number of hydrogen-bond donors (Lipinski definition) is 2. The summed E-state index contributed by atoms with van der Waals surface area (Å²) in [5.74, 6) is -0.906. The number of carbonyl (C=O) groups excluding carboxylic acids is 2. The number of para-hydroxylation sites is 1. The number of hydrogen-bond acceptors (Lipinski definition) is 4. The molecule has 0 bridgehead atoms. The molecule has 1 unspecified atom stereocenters. The lowest BCUT2D eigenvalue weighted by molar-refractivity contribution is -0.132. The highest BCUT2D eigenvalue weighted by Crippen LogP contribution is 2.45. The summed E-state index contributed by atoms with van der Waals surface area (Å²) < 4.78 is 5.58. The number of rotatable bonds is 3. The number of aliphatic hydroxyl groups excluding tert-OH is 1. The highest BCUT2D eigenvalue weighted by Gasteiger charge is 2.47. The van der Waals surface area contributed by atoms with Crippen molar-refractivity contribution in [2.75, 3.05) is 11.5 Å². The summed E-state index contributed by atoms with van der Waals surface area (Å²) in [4.78, 5) is 31.5. The lowest BCUT2D eigenvalue weighted by Gasteiger charge is -2.25. The zero-order valence-corrected chi connectivity index (χ0v) is 19.6. The van der Waals surface area contributed by atoms with Crippen LogP contribution in [0.2, 0.25) is 5.02 Å². The SMILES string of the molecule is Cc1ccc(N2C(=O)C(=O)/C(=C(/O)c3ccc4c(c3)CCO4)C2c2c[nH]c3ccccc23)cc1Cl. The number of aromatic nitrogens is 1. The van der Waals surface area contributed by atoms with Crippen molar-refractivity contribution in [1.29, 1.82) is 0 Å². The number of ketones is 1. The van der Waals surface area contributed by atoms with Gasteiger partial charge in [0.05, 0.1) is 18.2 Å². The molecule has 0 radical (unpaired) electrons. The monoisotopic (exact) mass is 484 g/mol. The summed E-state index contributed by atoms with van der Waals surface area (Å²) in [6.07, 6.45) is 2.51. The van der Waals surface area contributed by atoms with Gasteiger partial charge in [0.15, 0.2) is 0 Å². The Balaban J connectivity index is 1.60. The molecule has 4 aromatic rings. The average molecular weight is 485 g/mol. The molecule has 174 valence electrons. The number of ether oxygens (including phenoxy) is 1. The molecule has 6 rings (SSSR count). The van der Waals surface area contributed by atoms with E-state index in [0.29, 0.717) is 28.4 Å². The molecule has 2 aliphatic rings. The molecule has 7 heteroatoms. The first kappa shape index (κ1) is 21.5. The van der Waals surface area contributed by atoms with Crippen molar-refractivity contribution in [2.45, 2.75) is 19.4 Å². The summed E-state index contributed by atoms with van der Waals surface area (Å²) in [6, 6.07) is 17.4. The molecule has 1 atom stereocenters. The van der Waals surface area contributed by atoms with E-state index in [4.69, 9.17) is 16.3 Å². The van der Waals surface area contributed by atoms with Crippen molar-refractivity contribution in [2.24, 2.45) is 0 Å². The largest absolute Gasteiger partial charge is 0.507 e. The van der Waals surface area contributed by atoms with Crippen LogP contribution in [0.4, 0.5) is 5.69 Å². The molecule has 1 amide bonds. The summed E-state index contributed by atoms with van der Waals surface area (Å²) in [5.41, 5.74) is 4.38. The molecule has 1 fully saturated rings. The molecular weight excluding hydrogens is 464 g/mol. The minimum atomic E-state index is -0.838. The summed E-state index contributed by atoms with van der Waals surface area (Å²) in [6.45, 7) is 2.45.